The molecule has 8 heteroatoms. The molecule has 1 aromatic rings. The number of hydrogen-bond acceptors (Lipinski definition) is 6. The molecule has 1 heterocycles. The highest BCUT2D eigenvalue weighted by molar-refractivity contribution is 7.17. The highest BCUT2D eigenvalue weighted by atomic mass is 32.1. The average molecular weight is 339 g/mol. The van der Waals surface area contributed by atoms with Crippen LogP contribution < -0.4 is 10.6 Å². The first-order chi connectivity index (χ1) is 10.9. The third-order valence-corrected chi connectivity index (χ3v) is 4.80. The Morgan fingerprint density at radius 2 is 1.96 bits per heavy atom. The number of esters is 1. The Labute approximate surface area is 139 Å². The Hall–Kier alpha value is -1.93. The lowest BCUT2D eigenvalue weighted by Gasteiger charge is -2.10. The number of carbonyl (C=O) groups is 3. The summed E-state index contributed by atoms with van der Waals surface area (Å²) in [6.45, 7) is 1.02. The van der Waals surface area contributed by atoms with Gasteiger partial charge in [-0.15, -0.1) is 11.3 Å². The van der Waals surface area contributed by atoms with Gasteiger partial charge >= 0.3 is 17.8 Å². The maximum absolute atomic E-state index is 12.0. The zero-order chi connectivity index (χ0) is 17.0. The maximum Gasteiger partial charge on any atom is 0.341 e. The van der Waals surface area contributed by atoms with Crippen molar-refractivity contribution < 1.29 is 19.1 Å². The number of carbonyl (C=O) groups excluding carboxylic acids is 3. The average Bonchev–Trinajstić information content (AvgIpc) is 3.06. The number of nitrogens with zero attached hydrogens (tertiary/aromatic N) is 1. The Morgan fingerprint density at radius 3 is 2.61 bits per heavy atom. The van der Waals surface area contributed by atoms with Crippen LogP contribution in [0.2, 0.25) is 0 Å². The zero-order valence-corrected chi connectivity index (χ0v) is 14.3. The van der Waals surface area contributed by atoms with Gasteiger partial charge in [0.2, 0.25) is 0 Å². The molecule has 1 aliphatic carbocycles. The van der Waals surface area contributed by atoms with Gasteiger partial charge in [0.25, 0.3) is 0 Å². The second-order valence-corrected chi connectivity index (χ2v) is 6.67. The fraction of sp³-hybridized carbons (Fsp3) is 0.533. The van der Waals surface area contributed by atoms with E-state index in [2.05, 4.69) is 10.6 Å². The Bertz CT molecular complexity index is 624. The van der Waals surface area contributed by atoms with Crippen LogP contribution in [0, 0.1) is 0 Å². The van der Waals surface area contributed by atoms with Gasteiger partial charge < -0.3 is 20.3 Å². The van der Waals surface area contributed by atoms with Crippen LogP contribution in [0.1, 0.15) is 27.2 Å². The first-order valence-electron chi connectivity index (χ1n) is 7.40. The molecule has 2 rings (SSSR count). The molecule has 1 aromatic heterocycles. The number of likely N-dealkylation sites (N-methyl/N-ethyl adjacent to an activating group) is 1. The number of thiophene rings is 1. The molecule has 0 radical (unpaired) electrons. The highest BCUT2D eigenvalue weighted by Crippen LogP contribution is 2.39. The lowest BCUT2D eigenvalue weighted by atomic mass is 10.1. The molecule has 0 aromatic carbocycles. The van der Waals surface area contributed by atoms with E-state index in [1.807, 2.05) is 19.0 Å². The fourth-order valence-corrected chi connectivity index (χ4v) is 3.72. The lowest BCUT2D eigenvalue weighted by molar-refractivity contribution is -0.136. The Balaban J connectivity index is 2.06. The van der Waals surface area contributed by atoms with E-state index in [-0.39, 0.29) is 0 Å². The first-order valence-corrected chi connectivity index (χ1v) is 8.22. The Kier molecular flexibility index (Phi) is 5.73. The fourth-order valence-electron chi connectivity index (χ4n) is 2.44. The largest absolute Gasteiger partial charge is 0.465 e. The molecule has 126 valence electrons. The van der Waals surface area contributed by atoms with Gasteiger partial charge in [-0.25, -0.2) is 4.79 Å². The number of amides is 2. The number of rotatable bonds is 5. The third-order valence-electron chi connectivity index (χ3n) is 3.59. The van der Waals surface area contributed by atoms with E-state index in [4.69, 9.17) is 4.74 Å². The van der Waals surface area contributed by atoms with E-state index in [9.17, 15) is 14.4 Å². The lowest BCUT2D eigenvalue weighted by Crippen LogP contribution is -2.38. The van der Waals surface area contributed by atoms with Crippen LogP contribution in [0.25, 0.3) is 0 Å². The number of methoxy groups -OCH3 is 1. The Morgan fingerprint density at radius 1 is 1.22 bits per heavy atom. The van der Waals surface area contributed by atoms with Crippen LogP contribution in [0.4, 0.5) is 5.00 Å². The van der Waals surface area contributed by atoms with Crippen molar-refractivity contribution in [1.82, 2.24) is 10.2 Å². The molecule has 7 nitrogen and oxygen atoms in total. The molecule has 0 unspecified atom stereocenters. The standard InChI is InChI=1S/C15H21N3O4S/c1-18(2)8-7-16-12(19)13(20)17-14-11(15(21)22-3)9-5-4-6-10(9)23-14/h4-8H2,1-3H3,(H,16,19)(H,17,20). The van der Waals surface area contributed by atoms with Gasteiger partial charge in [0, 0.05) is 18.0 Å². The quantitative estimate of drug-likeness (QED) is 0.607. The van der Waals surface area contributed by atoms with Crippen LogP contribution in [-0.4, -0.2) is 57.0 Å². The summed E-state index contributed by atoms with van der Waals surface area (Å²) in [6, 6.07) is 0. The summed E-state index contributed by atoms with van der Waals surface area (Å²) in [5.74, 6) is -1.96. The number of aryl methyl sites for hydroxylation is 1. The summed E-state index contributed by atoms with van der Waals surface area (Å²) in [4.78, 5) is 38.8. The molecular formula is C15H21N3O4S. The minimum Gasteiger partial charge on any atom is -0.465 e. The van der Waals surface area contributed by atoms with E-state index in [1.54, 1.807) is 0 Å². The predicted octanol–water partition coefficient (Wildman–Crippen LogP) is 0.640. The molecule has 23 heavy (non-hydrogen) atoms. The minimum atomic E-state index is -0.770. The molecule has 2 amide bonds. The van der Waals surface area contributed by atoms with Gasteiger partial charge in [-0.05, 0) is 38.9 Å². The van der Waals surface area contributed by atoms with Gasteiger partial charge in [0.05, 0.1) is 12.7 Å². The molecule has 2 N–H and O–H groups in total. The number of ether oxygens (including phenoxy) is 1. The van der Waals surface area contributed by atoms with E-state index < -0.39 is 17.8 Å². The molecule has 0 fully saturated rings. The number of hydrogen-bond donors (Lipinski definition) is 2. The van der Waals surface area contributed by atoms with Crippen LogP contribution in [0.15, 0.2) is 0 Å². The van der Waals surface area contributed by atoms with Crippen LogP contribution in [0.5, 0.6) is 0 Å². The summed E-state index contributed by atoms with van der Waals surface area (Å²) in [5, 5.41) is 5.49. The highest BCUT2D eigenvalue weighted by Gasteiger charge is 2.28. The summed E-state index contributed by atoms with van der Waals surface area (Å²) < 4.78 is 4.80. The van der Waals surface area contributed by atoms with Gasteiger partial charge in [-0.3, -0.25) is 9.59 Å². The second-order valence-electron chi connectivity index (χ2n) is 5.57. The number of nitrogens with one attached hydrogen (secondary N) is 2. The van der Waals surface area contributed by atoms with Crippen molar-refractivity contribution in [3.63, 3.8) is 0 Å². The molecule has 0 saturated carbocycles. The van der Waals surface area contributed by atoms with Crippen molar-refractivity contribution in [2.24, 2.45) is 0 Å². The molecular weight excluding hydrogens is 318 g/mol. The van der Waals surface area contributed by atoms with Gasteiger partial charge in [-0.2, -0.15) is 0 Å². The summed E-state index contributed by atoms with van der Waals surface area (Å²) >= 11 is 1.35. The second kappa shape index (κ2) is 7.56. The summed E-state index contributed by atoms with van der Waals surface area (Å²) in [5.41, 5.74) is 1.32. The van der Waals surface area contributed by atoms with Gasteiger partial charge in [-0.1, -0.05) is 0 Å². The maximum atomic E-state index is 12.0. The van der Waals surface area contributed by atoms with Crippen LogP contribution in [-0.2, 0) is 27.2 Å². The van der Waals surface area contributed by atoms with Crippen LogP contribution in [0.3, 0.4) is 0 Å². The number of anilines is 1. The predicted molar refractivity (Wildman–Crippen MR) is 87.9 cm³/mol. The smallest absolute Gasteiger partial charge is 0.341 e. The first kappa shape index (κ1) is 17.4. The van der Waals surface area contributed by atoms with Crippen molar-refractivity contribution >= 4 is 34.1 Å². The van der Waals surface area contributed by atoms with Crippen molar-refractivity contribution in [3.05, 3.63) is 16.0 Å². The van der Waals surface area contributed by atoms with E-state index in [0.717, 1.165) is 29.7 Å². The van der Waals surface area contributed by atoms with E-state index in [0.29, 0.717) is 23.7 Å². The molecule has 0 aliphatic heterocycles. The van der Waals surface area contributed by atoms with Crippen molar-refractivity contribution in [1.29, 1.82) is 0 Å². The molecule has 1 aliphatic rings. The monoisotopic (exact) mass is 339 g/mol. The van der Waals surface area contributed by atoms with Gasteiger partial charge in [0.1, 0.15) is 5.00 Å². The molecule has 0 bridgehead atoms. The SMILES string of the molecule is COC(=O)c1c(NC(=O)C(=O)NCCN(C)C)sc2c1CCC2. The molecule has 0 atom stereocenters. The number of fused-ring (bicyclic) bond motifs is 1. The van der Waals surface area contributed by atoms with E-state index >= 15 is 0 Å². The topological polar surface area (TPSA) is 87.7 Å². The minimum absolute atomic E-state index is 0.379. The van der Waals surface area contributed by atoms with E-state index in [1.165, 1.54) is 18.4 Å². The normalized spacial score (nSPS) is 12.9. The third kappa shape index (κ3) is 4.08. The van der Waals surface area contributed by atoms with Crippen molar-refractivity contribution in [2.75, 3.05) is 39.6 Å². The van der Waals surface area contributed by atoms with Crippen LogP contribution >= 0.6 is 11.3 Å². The molecule has 0 saturated heterocycles. The summed E-state index contributed by atoms with van der Waals surface area (Å²) in [7, 11) is 5.06. The van der Waals surface area contributed by atoms with Crippen molar-refractivity contribution in [3.8, 4) is 0 Å². The van der Waals surface area contributed by atoms with Crippen molar-refractivity contribution in [2.45, 2.75) is 19.3 Å². The summed E-state index contributed by atoms with van der Waals surface area (Å²) in [6.07, 6.45) is 2.67. The zero-order valence-electron chi connectivity index (χ0n) is 13.5. The molecule has 0 spiro atoms. The van der Waals surface area contributed by atoms with Gasteiger partial charge in [0.15, 0.2) is 0 Å².